The van der Waals surface area contributed by atoms with Gasteiger partial charge in [-0.3, -0.25) is 14.4 Å². The standard InChI is InChI=1S/C25H34O8/c1-14(2)12-32-23(28)20-18(26)11-25(5,30)21(24(29)33-13-15(3)4)19(20)16-7-9-17(10-8-16)22(27)31-6/h7-10,14-15,19-21,30H,11-13H2,1-6H3/t19-,20-,21+,25-/m0/s1. The van der Waals surface area contributed by atoms with Crippen LogP contribution in [0.25, 0.3) is 0 Å². The number of carbonyl (C=O) groups is 4. The number of rotatable bonds is 8. The Morgan fingerprint density at radius 2 is 1.52 bits per heavy atom. The van der Waals surface area contributed by atoms with Crippen LogP contribution in [-0.2, 0) is 28.6 Å². The molecule has 0 saturated heterocycles. The van der Waals surface area contributed by atoms with Gasteiger partial charge in [0.1, 0.15) is 5.92 Å². The molecule has 0 aromatic heterocycles. The van der Waals surface area contributed by atoms with Crippen molar-refractivity contribution >= 4 is 23.7 Å². The van der Waals surface area contributed by atoms with Gasteiger partial charge in [0, 0.05) is 12.3 Å². The summed E-state index contributed by atoms with van der Waals surface area (Å²) in [5.74, 6) is -5.86. The molecule has 182 valence electrons. The summed E-state index contributed by atoms with van der Waals surface area (Å²) in [5, 5.41) is 11.1. The smallest absolute Gasteiger partial charge is 0.337 e. The largest absolute Gasteiger partial charge is 0.465 e. The van der Waals surface area contributed by atoms with Crippen LogP contribution in [0.1, 0.15) is 62.9 Å². The molecule has 1 aromatic carbocycles. The van der Waals surface area contributed by atoms with Crippen molar-refractivity contribution in [3.63, 3.8) is 0 Å². The zero-order valence-electron chi connectivity index (χ0n) is 20.1. The number of methoxy groups -OCH3 is 1. The van der Waals surface area contributed by atoms with Gasteiger partial charge in [0.2, 0.25) is 0 Å². The third kappa shape index (κ3) is 6.41. The Morgan fingerprint density at radius 1 is 1.00 bits per heavy atom. The van der Waals surface area contributed by atoms with E-state index in [1.54, 1.807) is 12.1 Å². The van der Waals surface area contributed by atoms with E-state index in [4.69, 9.17) is 14.2 Å². The molecule has 0 heterocycles. The molecule has 0 radical (unpaired) electrons. The highest BCUT2D eigenvalue weighted by Crippen LogP contribution is 2.46. The number of ether oxygens (including phenoxy) is 3. The van der Waals surface area contributed by atoms with Crippen LogP contribution in [0.2, 0.25) is 0 Å². The van der Waals surface area contributed by atoms with Gasteiger partial charge in [-0.25, -0.2) is 4.79 Å². The van der Waals surface area contributed by atoms with Crippen LogP contribution in [0.3, 0.4) is 0 Å². The predicted octanol–water partition coefficient (Wildman–Crippen LogP) is 2.91. The van der Waals surface area contributed by atoms with Crippen molar-refractivity contribution in [1.82, 2.24) is 0 Å². The molecule has 1 saturated carbocycles. The van der Waals surface area contributed by atoms with Gasteiger partial charge < -0.3 is 19.3 Å². The monoisotopic (exact) mass is 462 g/mol. The molecule has 0 amide bonds. The van der Waals surface area contributed by atoms with E-state index in [0.717, 1.165) is 0 Å². The van der Waals surface area contributed by atoms with E-state index >= 15 is 0 Å². The van der Waals surface area contributed by atoms with Crippen molar-refractivity contribution in [1.29, 1.82) is 0 Å². The number of hydrogen-bond acceptors (Lipinski definition) is 8. The predicted molar refractivity (Wildman–Crippen MR) is 119 cm³/mol. The van der Waals surface area contributed by atoms with Crippen LogP contribution in [0.4, 0.5) is 0 Å². The first kappa shape index (κ1) is 26.5. The number of aliphatic hydroxyl groups is 1. The molecule has 2 rings (SSSR count). The van der Waals surface area contributed by atoms with Gasteiger partial charge in [-0.15, -0.1) is 0 Å². The fourth-order valence-electron chi connectivity index (χ4n) is 4.05. The van der Waals surface area contributed by atoms with Crippen LogP contribution >= 0.6 is 0 Å². The molecule has 0 aliphatic heterocycles. The topological polar surface area (TPSA) is 116 Å². The highest BCUT2D eigenvalue weighted by Gasteiger charge is 2.57. The van der Waals surface area contributed by atoms with Gasteiger partial charge in [0.25, 0.3) is 0 Å². The lowest BCUT2D eigenvalue weighted by atomic mass is 9.61. The Hall–Kier alpha value is -2.74. The minimum absolute atomic E-state index is 0.0559. The number of carbonyl (C=O) groups excluding carboxylic acids is 4. The summed E-state index contributed by atoms with van der Waals surface area (Å²) in [6.45, 7) is 9.16. The summed E-state index contributed by atoms with van der Waals surface area (Å²) in [5.41, 5.74) is -1.02. The van der Waals surface area contributed by atoms with E-state index in [1.807, 2.05) is 27.7 Å². The van der Waals surface area contributed by atoms with Crippen LogP contribution in [0.15, 0.2) is 24.3 Å². The highest BCUT2D eigenvalue weighted by atomic mass is 16.5. The van der Waals surface area contributed by atoms with Crippen LogP contribution in [0.5, 0.6) is 0 Å². The van der Waals surface area contributed by atoms with E-state index < -0.39 is 47.0 Å². The minimum atomic E-state index is -1.73. The molecule has 8 heteroatoms. The fourth-order valence-corrected chi connectivity index (χ4v) is 4.05. The van der Waals surface area contributed by atoms with E-state index in [1.165, 1.54) is 26.2 Å². The molecule has 1 aromatic rings. The number of benzene rings is 1. The van der Waals surface area contributed by atoms with E-state index in [9.17, 15) is 24.3 Å². The Labute approximate surface area is 194 Å². The van der Waals surface area contributed by atoms with Crippen molar-refractivity contribution in [2.24, 2.45) is 23.7 Å². The van der Waals surface area contributed by atoms with Crippen LogP contribution < -0.4 is 0 Å². The van der Waals surface area contributed by atoms with E-state index in [0.29, 0.717) is 5.56 Å². The molecule has 0 bridgehead atoms. The molecule has 1 N–H and O–H groups in total. The quantitative estimate of drug-likeness (QED) is 0.356. The number of hydrogen-bond donors (Lipinski definition) is 1. The van der Waals surface area contributed by atoms with Crippen molar-refractivity contribution < 1.29 is 38.5 Å². The first-order valence-electron chi connectivity index (χ1n) is 11.2. The Balaban J connectivity index is 2.55. The highest BCUT2D eigenvalue weighted by molar-refractivity contribution is 6.03. The zero-order chi connectivity index (χ0) is 24.9. The lowest BCUT2D eigenvalue weighted by molar-refractivity contribution is -0.174. The lowest BCUT2D eigenvalue weighted by Crippen LogP contribution is -2.55. The second-order valence-electron chi connectivity index (χ2n) is 9.64. The molecule has 0 unspecified atom stereocenters. The summed E-state index contributed by atoms with van der Waals surface area (Å²) in [7, 11) is 1.26. The van der Waals surface area contributed by atoms with E-state index in [-0.39, 0.29) is 37.0 Å². The molecule has 4 atom stereocenters. The van der Waals surface area contributed by atoms with Gasteiger partial charge in [-0.2, -0.15) is 0 Å². The molecule has 1 fully saturated rings. The molecule has 0 spiro atoms. The van der Waals surface area contributed by atoms with Gasteiger partial charge in [0.05, 0.1) is 37.4 Å². The molecular weight excluding hydrogens is 428 g/mol. The third-order valence-electron chi connectivity index (χ3n) is 5.61. The first-order valence-corrected chi connectivity index (χ1v) is 11.2. The average molecular weight is 463 g/mol. The fraction of sp³-hybridized carbons (Fsp3) is 0.600. The molecule has 33 heavy (non-hydrogen) atoms. The molecule has 1 aliphatic carbocycles. The van der Waals surface area contributed by atoms with Crippen molar-refractivity contribution in [2.45, 2.75) is 52.6 Å². The lowest BCUT2D eigenvalue weighted by Gasteiger charge is -2.43. The maximum absolute atomic E-state index is 13.1. The van der Waals surface area contributed by atoms with E-state index in [2.05, 4.69) is 0 Å². The zero-order valence-corrected chi connectivity index (χ0v) is 20.1. The number of esters is 3. The molecular formula is C25H34O8. The Kier molecular flexibility index (Phi) is 8.77. The average Bonchev–Trinajstić information content (AvgIpc) is 2.74. The summed E-state index contributed by atoms with van der Waals surface area (Å²) in [6.07, 6.45) is -0.382. The van der Waals surface area contributed by atoms with Gasteiger partial charge in [0.15, 0.2) is 5.78 Å². The van der Waals surface area contributed by atoms with Gasteiger partial charge >= 0.3 is 17.9 Å². The summed E-state index contributed by atoms with van der Waals surface area (Å²) >= 11 is 0. The Morgan fingerprint density at radius 3 is 2.00 bits per heavy atom. The minimum Gasteiger partial charge on any atom is -0.465 e. The van der Waals surface area contributed by atoms with Gasteiger partial charge in [-0.1, -0.05) is 39.8 Å². The summed E-state index contributed by atoms with van der Waals surface area (Å²) < 4.78 is 15.5. The summed E-state index contributed by atoms with van der Waals surface area (Å²) in [6, 6.07) is 6.08. The maximum Gasteiger partial charge on any atom is 0.337 e. The third-order valence-corrected chi connectivity index (χ3v) is 5.61. The first-order chi connectivity index (χ1) is 15.4. The second kappa shape index (κ2) is 10.9. The molecule has 8 nitrogen and oxygen atoms in total. The Bertz CT molecular complexity index is 869. The van der Waals surface area contributed by atoms with Crippen LogP contribution in [0, 0.1) is 23.7 Å². The molecule has 1 aliphatic rings. The second-order valence-corrected chi connectivity index (χ2v) is 9.64. The summed E-state index contributed by atoms with van der Waals surface area (Å²) in [4.78, 5) is 51.0. The maximum atomic E-state index is 13.1. The number of Topliss-reactive ketones (excluding diaryl/α,β-unsaturated/α-hetero) is 1. The normalized spacial score (nSPS) is 25.1. The van der Waals surface area contributed by atoms with Crippen molar-refractivity contribution in [2.75, 3.05) is 20.3 Å². The SMILES string of the molecule is COC(=O)c1ccc([C@H]2[C@@H](C(=O)OCC(C)C)C(=O)C[C@](C)(O)[C@H]2C(=O)OCC(C)C)cc1. The van der Waals surface area contributed by atoms with Gasteiger partial charge in [-0.05, 0) is 36.5 Å². The van der Waals surface area contributed by atoms with Crippen molar-refractivity contribution in [3.8, 4) is 0 Å². The number of ketones is 1. The van der Waals surface area contributed by atoms with Crippen LogP contribution in [-0.4, -0.2) is 54.7 Å². The van der Waals surface area contributed by atoms with Crippen molar-refractivity contribution in [3.05, 3.63) is 35.4 Å².